The van der Waals surface area contributed by atoms with Crippen molar-refractivity contribution in [3.8, 4) is 0 Å². The zero-order chi connectivity index (χ0) is 19.3. The summed E-state index contributed by atoms with van der Waals surface area (Å²) in [5.74, 6) is -0.424. The SMILES string of the molecule is O=S(=O)(c1cccc(N2CCNCC2)c1)c1cn(C2CC2)c2ccc(F)cc12. The number of sulfone groups is 1. The number of nitrogens with one attached hydrogen (secondary N) is 1. The van der Waals surface area contributed by atoms with Crippen molar-refractivity contribution in [1.82, 2.24) is 9.88 Å². The van der Waals surface area contributed by atoms with E-state index in [1.54, 1.807) is 30.5 Å². The third-order valence-electron chi connectivity index (χ3n) is 5.60. The van der Waals surface area contributed by atoms with Gasteiger partial charge in [0.1, 0.15) is 5.82 Å². The van der Waals surface area contributed by atoms with Gasteiger partial charge >= 0.3 is 0 Å². The molecule has 1 aromatic heterocycles. The molecule has 1 aliphatic heterocycles. The zero-order valence-corrected chi connectivity index (χ0v) is 16.3. The molecule has 1 aliphatic carbocycles. The minimum atomic E-state index is -3.76. The molecule has 2 fully saturated rings. The first-order valence-electron chi connectivity index (χ1n) is 9.65. The van der Waals surface area contributed by atoms with E-state index in [1.807, 2.05) is 10.6 Å². The lowest BCUT2D eigenvalue weighted by Crippen LogP contribution is -2.43. The van der Waals surface area contributed by atoms with E-state index in [0.29, 0.717) is 11.4 Å². The predicted molar refractivity (Wildman–Crippen MR) is 107 cm³/mol. The highest BCUT2D eigenvalue weighted by Crippen LogP contribution is 2.41. The maximum absolute atomic E-state index is 13.9. The third-order valence-corrected chi connectivity index (χ3v) is 7.38. The highest BCUT2D eigenvalue weighted by Gasteiger charge is 2.30. The molecular weight excluding hydrogens is 377 g/mol. The second kappa shape index (κ2) is 6.60. The van der Waals surface area contributed by atoms with E-state index in [-0.39, 0.29) is 9.79 Å². The van der Waals surface area contributed by atoms with Crippen LogP contribution in [0.1, 0.15) is 18.9 Å². The van der Waals surface area contributed by atoms with Crippen LogP contribution < -0.4 is 10.2 Å². The lowest BCUT2D eigenvalue weighted by atomic mass is 10.2. The number of hydrogen-bond acceptors (Lipinski definition) is 4. The quantitative estimate of drug-likeness (QED) is 0.731. The molecule has 0 atom stereocenters. The number of aromatic nitrogens is 1. The molecule has 28 heavy (non-hydrogen) atoms. The van der Waals surface area contributed by atoms with Crippen molar-refractivity contribution < 1.29 is 12.8 Å². The minimum absolute atomic E-state index is 0.186. The minimum Gasteiger partial charge on any atom is -0.369 e. The molecule has 0 spiro atoms. The standard InChI is InChI=1S/C21H22FN3O2S/c22-15-4-7-20-19(12-15)21(14-25(20)16-5-6-16)28(26,27)18-3-1-2-17(13-18)24-10-8-23-9-11-24/h1-4,7,12-14,16,23H,5-6,8-11H2. The van der Waals surface area contributed by atoms with Gasteiger partial charge < -0.3 is 14.8 Å². The van der Waals surface area contributed by atoms with Gasteiger partial charge in [-0.05, 0) is 49.2 Å². The Balaban J connectivity index is 1.62. The van der Waals surface area contributed by atoms with Crippen LogP contribution in [0.15, 0.2) is 58.5 Å². The average molecular weight is 399 g/mol. The van der Waals surface area contributed by atoms with Crippen LogP contribution in [0.3, 0.4) is 0 Å². The molecule has 0 bridgehead atoms. The Kier molecular flexibility index (Phi) is 4.17. The lowest BCUT2D eigenvalue weighted by Gasteiger charge is -2.29. The molecule has 1 saturated heterocycles. The van der Waals surface area contributed by atoms with Crippen LogP contribution >= 0.6 is 0 Å². The summed E-state index contributed by atoms with van der Waals surface area (Å²) in [5, 5.41) is 3.76. The smallest absolute Gasteiger partial charge is 0.208 e. The van der Waals surface area contributed by atoms with Gasteiger partial charge in [0.15, 0.2) is 0 Å². The summed E-state index contributed by atoms with van der Waals surface area (Å²) in [4.78, 5) is 2.62. The van der Waals surface area contributed by atoms with Crippen molar-refractivity contribution >= 4 is 26.4 Å². The van der Waals surface area contributed by atoms with Gasteiger partial charge in [-0.25, -0.2) is 12.8 Å². The fraction of sp³-hybridized carbons (Fsp3) is 0.333. The zero-order valence-electron chi connectivity index (χ0n) is 15.4. The summed E-state index contributed by atoms with van der Waals surface area (Å²) in [6, 6.07) is 11.8. The predicted octanol–water partition coefficient (Wildman–Crippen LogP) is 3.36. The largest absolute Gasteiger partial charge is 0.369 e. The van der Waals surface area contributed by atoms with Crippen molar-refractivity contribution in [3.05, 3.63) is 54.5 Å². The highest BCUT2D eigenvalue weighted by atomic mass is 32.2. The topological polar surface area (TPSA) is 54.3 Å². The first-order valence-corrected chi connectivity index (χ1v) is 11.1. The first kappa shape index (κ1) is 17.7. The number of fused-ring (bicyclic) bond motifs is 1. The number of nitrogens with zero attached hydrogens (tertiary/aromatic N) is 2. The molecule has 0 unspecified atom stereocenters. The Morgan fingerprint density at radius 1 is 1.04 bits per heavy atom. The molecule has 5 nitrogen and oxygen atoms in total. The summed E-state index contributed by atoms with van der Waals surface area (Å²) in [5.41, 5.74) is 1.68. The number of halogens is 1. The molecule has 1 N–H and O–H groups in total. The molecule has 2 aromatic carbocycles. The Hall–Kier alpha value is -2.38. The first-order chi connectivity index (χ1) is 13.5. The number of hydrogen-bond donors (Lipinski definition) is 1. The van der Waals surface area contributed by atoms with Gasteiger partial charge in [-0.2, -0.15) is 0 Å². The van der Waals surface area contributed by atoms with E-state index in [9.17, 15) is 12.8 Å². The Morgan fingerprint density at radius 2 is 1.82 bits per heavy atom. The van der Waals surface area contributed by atoms with E-state index in [2.05, 4.69) is 10.2 Å². The maximum Gasteiger partial charge on any atom is 0.208 e. The van der Waals surface area contributed by atoms with Gasteiger partial charge in [-0.3, -0.25) is 0 Å². The Bertz CT molecular complexity index is 1150. The Morgan fingerprint density at radius 3 is 2.57 bits per heavy atom. The highest BCUT2D eigenvalue weighted by molar-refractivity contribution is 7.91. The summed E-state index contributed by atoms with van der Waals surface area (Å²) < 4.78 is 42.9. The normalized spacial score (nSPS) is 18.0. The third kappa shape index (κ3) is 2.99. The molecule has 1 saturated carbocycles. The van der Waals surface area contributed by atoms with Crippen LogP contribution in [0.4, 0.5) is 10.1 Å². The van der Waals surface area contributed by atoms with Crippen molar-refractivity contribution in [3.63, 3.8) is 0 Å². The van der Waals surface area contributed by atoms with Crippen molar-refractivity contribution in [2.75, 3.05) is 31.1 Å². The lowest BCUT2D eigenvalue weighted by molar-refractivity contribution is 0.587. The summed E-state index contributed by atoms with van der Waals surface area (Å²) in [6.07, 6.45) is 3.74. The average Bonchev–Trinajstić information content (AvgIpc) is 3.49. The second-order valence-corrected chi connectivity index (χ2v) is 9.45. The van der Waals surface area contributed by atoms with E-state index in [0.717, 1.165) is 50.2 Å². The van der Waals surface area contributed by atoms with Gasteiger partial charge in [0.05, 0.1) is 9.79 Å². The molecule has 7 heteroatoms. The van der Waals surface area contributed by atoms with Crippen LogP contribution in [-0.4, -0.2) is 39.2 Å². The summed E-state index contributed by atoms with van der Waals surface area (Å²) in [7, 11) is -3.76. The van der Waals surface area contributed by atoms with Gasteiger partial charge in [0, 0.05) is 55.0 Å². The monoisotopic (exact) mass is 399 g/mol. The van der Waals surface area contributed by atoms with Crippen LogP contribution in [0.2, 0.25) is 0 Å². The van der Waals surface area contributed by atoms with E-state index in [1.165, 1.54) is 12.1 Å². The number of benzene rings is 2. The van der Waals surface area contributed by atoms with Gasteiger partial charge in [-0.1, -0.05) is 6.07 Å². The fourth-order valence-electron chi connectivity index (χ4n) is 3.96. The van der Waals surface area contributed by atoms with Crippen LogP contribution in [-0.2, 0) is 9.84 Å². The molecule has 3 aromatic rings. The van der Waals surface area contributed by atoms with E-state index in [4.69, 9.17) is 0 Å². The number of anilines is 1. The molecule has 146 valence electrons. The number of piperazine rings is 1. The van der Waals surface area contributed by atoms with Crippen LogP contribution in [0.25, 0.3) is 10.9 Å². The summed E-state index contributed by atoms with van der Waals surface area (Å²) in [6.45, 7) is 3.45. The van der Waals surface area contributed by atoms with E-state index < -0.39 is 15.7 Å². The number of rotatable bonds is 4. The van der Waals surface area contributed by atoms with Gasteiger partial charge in [0.2, 0.25) is 9.84 Å². The second-order valence-electron chi connectivity index (χ2n) is 7.53. The molecule has 0 amide bonds. The van der Waals surface area contributed by atoms with Crippen molar-refractivity contribution in [1.29, 1.82) is 0 Å². The van der Waals surface area contributed by atoms with Crippen LogP contribution in [0.5, 0.6) is 0 Å². The van der Waals surface area contributed by atoms with Crippen molar-refractivity contribution in [2.45, 2.75) is 28.7 Å². The molecule has 0 radical (unpaired) electrons. The van der Waals surface area contributed by atoms with E-state index >= 15 is 0 Å². The molecular formula is C21H22FN3O2S. The van der Waals surface area contributed by atoms with Crippen LogP contribution in [0, 0.1) is 5.82 Å². The van der Waals surface area contributed by atoms with Gasteiger partial charge in [0.25, 0.3) is 0 Å². The fourth-order valence-corrected chi connectivity index (χ4v) is 5.46. The van der Waals surface area contributed by atoms with Gasteiger partial charge in [-0.15, -0.1) is 0 Å². The van der Waals surface area contributed by atoms with Crippen molar-refractivity contribution in [2.24, 2.45) is 0 Å². The Labute approximate surface area is 163 Å². The summed E-state index contributed by atoms with van der Waals surface area (Å²) >= 11 is 0. The molecule has 5 rings (SSSR count). The maximum atomic E-state index is 13.9. The molecule has 2 aliphatic rings. The molecule has 2 heterocycles.